The third-order valence-electron chi connectivity index (χ3n) is 5.87. The van der Waals surface area contributed by atoms with Gasteiger partial charge in [0.2, 0.25) is 0 Å². The van der Waals surface area contributed by atoms with Gasteiger partial charge in [0, 0.05) is 23.5 Å². The molecule has 1 aromatic heterocycles. The minimum Gasteiger partial charge on any atom is -0.236 e. The topological polar surface area (TPSA) is 25.8 Å². The summed E-state index contributed by atoms with van der Waals surface area (Å²) in [5, 5.41) is 0. The smallest absolute Gasteiger partial charge is 0.159 e. The van der Waals surface area contributed by atoms with Crippen LogP contribution in [0.4, 0.5) is 4.39 Å². The lowest BCUT2D eigenvalue weighted by molar-refractivity contribution is 0.603. The lowest BCUT2D eigenvalue weighted by atomic mass is 10.0. The van der Waals surface area contributed by atoms with Crippen molar-refractivity contribution in [2.24, 2.45) is 0 Å². The minimum absolute atomic E-state index is 0.167. The van der Waals surface area contributed by atoms with E-state index >= 15 is 0 Å². The largest absolute Gasteiger partial charge is 0.236 e. The van der Waals surface area contributed by atoms with Crippen LogP contribution in [0.3, 0.4) is 0 Å². The molecule has 0 aliphatic carbocycles. The first-order valence-electron chi connectivity index (χ1n) is 11.9. The Labute approximate surface area is 187 Å². The highest BCUT2D eigenvalue weighted by atomic mass is 19.1. The number of nitrogens with zero attached hydrogens (tertiary/aromatic N) is 2. The van der Waals surface area contributed by atoms with Gasteiger partial charge in [-0.2, -0.15) is 0 Å². The molecule has 0 amide bonds. The molecule has 0 aliphatic heterocycles. The van der Waals surface area contributed by atoms with Gasteiger partial charge in [-0.25, -0.2) is 14.4 Å². The molecule has 2 nitrogen and oxygen atoms in total. The van der Waals surface area contributed by atoms with Crippen molar-refractivity contribution in [3.8, 4) is 22.5 Å². The average molecular weight is 419 g/mol. The fraction of sp³-hybridized carbons (Fsp3) is 0.429. The van der Waals surface area contributed by atoms with E-state index in [0.717, 1.165) is 47.9 Å². The van der Waals surface area contributed by atoms with Crippen LogP contribution in [0, 0.1) is 5.82 Å². The van der Waals surface area contributed by atoms with Crippen LogP contribution in [0.15, 0.2) is 54.9 Å². The molecule has 0 saturated carbocycles. The summed E-state index contributed by atoms with van der Waals surface area (Å²) in [6, 6.07) is 14.0. The fourth-order valence-corrected chi connectivity index (χ4v) is 3.86. The van der Waals surface area contributed by atoms with E-state index in [2.05, 4.69) is 48.1 Å². The van der Waals surface area contributed by atoms with Crippen LogP contribution < -0.4 is 0 Å². The van der Waals surface area contributed by atoms with Gasteiger partial charge in [-0.05, 0) is 48.4 Å². The number of hydrogen-bond acceptors (Lipinski definition) is 2. The molecule has 0 saturated heterocycles. The van der Waals surface area contributed by atoms with Crippen molar-refractivity contribution in [2.75, 3.05) is 0 Å². The van der Waals surface area contributed by atoms with E-state index in [1.807, 2.05) is 24.5 Å². The van der Waals surface area contributed by atoms with Crippen LogP contribution in [0.2, 0.25) is 0 Å². The Balaban J connectivity index is 1.58. The number of rotatable bonds is 12. The minimum atomic E-state index is -0.167. The Morgan fingerprint density at radius 3 is 1.97 bits per heavy atom. The zero-order chi connectivity index (χ0) is 21.9. The molecule has 31 heavy (non-hydrogen) atoms. The summed E-state index contributed by atoms with van der Waals surface area (Å²) in [4.78, 5) is 8.98. The van der Waals surface area contributed by atoms with Crippen LogP contribution in [0.5, 0.6) is 0 Å². The SMILES string of the molecule is CCCCCCCCc1ccc(-c2cnc(-c3ccc(CCCC)c(F)c3)nc2)cc1. The number of aromatic nitrogens is 2. The first kappa shape index (κ1) is 23.1. The van der Waals surface area contributed by atoms with Crippen molar-refractivity contribution in [2.45, 2.75) is 78.1 Å². The van der Waals surface area contributed by atoms with Gasteiger partial charge in [0.25, 0.3) is 0 Å². The molecule has 0 spiro atoms. The summed E-state index contributed by atoms with van der Waals surface area (Å²) in [6.45, 7) is 4.37. The average Bonchev–Trinajstić information content (AvgIpc) is 2.81. The summed E-state index contributed by atoms with van der Waals surface area (Å²) in [6.07, 6.45) is 15.6. The molecular weight excluding hydrogens is 383 g/mol. The Morgan fingerprint density at radius 1 is 0.645 bits per heavy atom. The predicted octanol–water partition coefficient (Wildman–Crippen LogP) is 8.20. The summed E-state index contributed by atoms with van der Waals surface area (Å²) < 4.78 is 14.4. The Bertz CT molecular complexity index is 917. The maximum absolute atomic E-state index is 14.4. The van der Waals surface area contributed by atoms with Crippen molar-refractivity contribution in [3.05, 3.63) is 71.8 Å². The van der Waals surface area contributed by atoms with Gasteiger partial charge in [-0.15, -0.1) is 0 Å². The van der Waals surface area contributed by atoms with E-state index in [0.29, 0.717) is 5.82 Å². The second-order valence-corrected chi connectivity index (χ2v) is 8.42. The summed E-state index contributed by atoms with van der Waals surface area (Å²) >= 11 is 0. The molecular formula is C28H35FN2. The van der Waals surface area contributed by atoms with E-state index in [9.17, 15) is 4.39 Å². The van der Waals surface area contributed by atoms with Crippen molar-refractivity contribution in [1.29, 1.82) is 0 Å². The second-order valence-electron chi connectivity index (χ2n) is 8.42. The second kappa shape index (κ2) is 12.3. The van der Waals surface area contributed by atoms with Crippen molar-refractivity contribution >= 4 is 0 Å². The molecule has 0 fully saturated rings. The van der Waals surface area contributed by atoms with Crippen LogP contribution in [0.25, 0.3) is 22.5 Å². The van der Waals surface area contributed by atoms with E-state index in [-0.39, 0.29) is 5.82 Å². The Kier molecular flexibility index (Phi) is 9.20. The van der Waals surface area contributed by atoms with E-state index in [4.69, 9.17) is 0 Å². The van der Waals surface area contributed by atoms with Crippen LogP contribution in [-0.2, 0) is 12.8 Å². The summed E-state index contributed by atoms with van der Waals surface area (Å²) in [5.41, 5.74) is 4.96. The third kappa shape index (κ3) is 6.99. The highest BCUT2D eigenvalue weighted by Crippen LogP contribution is 2.23. The lowest BCUT2D eigenvalue weighted by Gasteiger charge is -2.07. The summed E-state index contributed by atoms with van der Waals surface area (Å²) in [5.74, 6) is 0.393. The zero-order valence-corrected chi connectivity index (χ0v) is 19.0. The number of hydrogen-bond donors (Lipinski definition) is 0. The molecule has 0 unspecified atom stereocenters. The van der Waals surface area contributed by atoms with Gasteiger partial charge in [0.05, 0.1) is 0 Å². The van der Waals surface area contributed by atoms with Gasteiger partial charge < -0.3 is 0 Å². The lowest BCUT2D eigenvalue weighted by Crippen LogP contribution is -1.94. The Morgan fingerprint density at radius 2 is 1.29 bits per heavy atom. The van der Waals surface area contributed by atoms with Crippen molar-refractivity contribution < 1.29 is 4.39 Å². The number of aryl methyl sites for hydroxylation is 2. The molecule has 1 heterocycles. The van der Waals surface area contributed by atoms with Crippen LogP contribution in [0.1, 0.15) is 76.3 Å². The van der Waals surface area contributed by atoms with Crippen molar-refractivity contribution in [3.63, 3.8) is 0 Å². The molecule has 0 bridgehead atoms. The maximum Gasteiger partial charge on any atom is 0.159 e. The monoisotopic (exact) mass is 418 g/mol. The molecule has 0 atom stereocenters. The molecule has 2 aromatic carbocycles. The van der Waals surface area contributed by atoms with Gasteiger partial charge in [-0.1, -0.05) is 88.8 Å². The standard InChI is InChI=1S/C28H35FN2/c1-3-5-7-8-9-10-11-22-13-15-23(16-14-22)26-20-30-28(31-21-26)25-18-17-24(12-6-4-2)27(29)19-25/h13-21H,3-12H2,1-2H3. The predicted molar refractivity (Wildman–Crippen MR) is 129 cm³/mol. The number of halogens is 1. The molecule has 0 radical (unpaired) electrons. The first-order valence-corrected chi connectivity index (χ1v) is 11.9. The molecule has 3 rings (SSSR count). The highest BCUT2D eigenvalue weighted by molar-refractivity contribution is 5.64. The van der Waals surface area contributed by atoms with E-state index in [1.165, 1.54) is 44.1 Å². The van der Waals surface area contributed by atoms with Crippen LogP contribution >= 0.6 is 0 Å². The molecule has 3 heteroatoms. The normalized spacial score (nSPS) is 11.1. The maximum atomic E-state index is 14.4. The van der Waals surface area contributed by atoms with Gasteiger partial charge in [0.1, 0.15) is 5.82 Å². The summed E-state index contributed by atoms with van der Waals surface area (Å²) in [7, 11) is 0. The van der Waals surface area contributed by atoms with Gasteiger partial charge in [-0.3, -0.25) is 0 Å². The quantitative estimate of drug-likeness (QED) is 0.277. The third-order valence-corrected chi connectivity index (χ3v) is 5.87. The zero-order valence-electron chi connectivity index (χ0n) is 19.0. The van der Waals surface area contributed by atoms with Crippen molar-refractivity contribution in [1.82, 2.24) is 9.97 Å². The number of unbranched alkanes of at least 4 members (excludes halogenated alkanes) is 6. The fourth-order valence-electron chi connectivity index (χ4n) is 3.86. The molecule has 164 valence electrons. The van der Waals surface area contributed by atoms with Gasteiger partial charge in [0.15, 0.2) is 5.82 Å². The molecule has 3 aromatic rings. The number of benzene rings is 2. The highest BCUT2D eigenvalue weighted by Gasteiger charge is 2.08. The van der Waals surface area contributed by atoms with Gasteiger partial charge >= 0.3 is 0 Å². The van der Waals surface area contributed by atoms with Crippen LogP contribution in [-0.4, -0.2) is 9.97 Å². The Hall–Kier alpha value is -2.55. The molecule has 0 aliphatic rings. The van der Waals surface area contributed by atoms with E-state index in [1.54, 1.807) is 6.07 Å². The van der Waals surface area contributed by atoms with E-state index < -0.39 is 0 Å². The molecule has 0 N–H and O–H groups in total. The first-order chi connectivity index (χ1) is 15.2.